The number of phosphoric acid groups is 1. The van der Waals surface area contributed by atoms with Crippen LogP contribution in [0.15, 0.2) is 158 Å². The predicted molar refractivity (Wildman–Crippen MR) is 353 cm³/mol. The van der Waals surface area contributed by atoms with E-state index >= 15 is 0 Å². The molecular weight excluding hydrogens is 1040 g/mol. The molecule has 0 heterocycles. The summed E-state index contributed by atoms with van der Waals surface area (Å²) in [7, 11) is 1.45. The van der Waals surface area contributed by atoms with Gasteiger partial charge in [-0.2, -0.15) is 0 Å². The third kappa shape index (κ3) is 64.8. The van der Waals surface area contributed by atoms with Gasteiger partial charge in [0.25, 0.3) is 0 Å². The van der Waals surface area contributed by atoms with Crippen LogP contribution >= 0.6 is 7.82 Å². The Morgan fingerprint density at radius 3 is 0.976 bits per heavy atom. The summed E-state index contributed by atoms with van der Waals surface area (Å²) in [5, 5.41) is 0. The van der Waals surface area contributed by atoms with Gasteiger partial charge in [-0.15, -0.1) is 0 Å². The minimum Gasteiger partial charge on any atom is -0.462 e. The number of esters is 2. The fraction of sp³-hybridized carbons (Fsp3) is 0.611. The standard InChI is InChI=1S/C72H118NO8P/c1-6-8-10-12-14-16-18-20-22-24-26-28-30-32-34-35-36-37-39-41-43-45-47-49-51-53-55-57-59-61-63-65-72(75)81-70(69-80-82(76,77)79-67-66-73(3,4)5)68-78-71(74)64-62-60-58-56-54-52-50-48-46-44-42-40-38-33-31-29-27-25-23-21-19-17-15-13-11-9-7-2/h8-11,14-17,20-23,26-29,32-34,36-38,41-44,70H,6-7,12-13,18-19,24-25,30-31,35,39-40,45-69H2,1-5H3/p+1/b10-8-,11-9-,16-14-,17-15-,22-20-,23-21-,28-26-,29-27-,34-32-,37-36-,38-33-,43-41-,44-42-. The molecule has 0 amide bonds. The lowest BCUT2D eigenvalue weighted by atomic mass is 10.1. The molecule has 0 aromatic heterocycles. The van der Waals surface area contributed by atoms with Crippen molar-refractivity contribution in [3.8, 4) is 0 Å². The Bertz CT molecular complexity index is 1940. The smallest absolute Gasteiger partial charge is 0.462 e. The zero-order valence-corrected chi connectivity index (χ0v) is 53.6. The summed E-state index contributed by atoms with van der Waals surface area (Å²) in [5.41, 5.74) is 0. The minimum atomic E-state index is -4.41. The molecule has 0 radical (unpaired) electrons. The van der Waals surface area contributed by atoms with Gasteiger partial charge in [-0.3, -0.25) is 18.6 Å². The van der Waals surface area contributed by atoms with Gasteiger partial charge in [0.1, 0.15) is 19.8 Å². The molecule has 0 spiro atoms. The number of allylic oxidation sites excluding steroid dienone is 26. The van der Waals surface area contributed by atoms with Crippen molar-refractivity contribution in [1.82, 2.24) is 0 Å². The lowest BCUT2D eigenvalue weighted by Crippen LogP contribution is -2.37. The topological polar surface area (TPSA) is 108 Å². The first-order chi connectivity index (χ1) is 40.0. The number of carbonyl (C=O) groups excluding carboxylic acids is 2. The molecule has 0 fully saturated rings. The van der Waals surface area contributed by atoms with Crippen LogP contribution in [-0.4, -0.2) is 74.9 Å². The lowest BCUT2D eigenvalue weighted by molar-refractivity contribution is -0.870. The van der Waals surface area contributed by atoms with E-state index in [1.165, 1.54) is 57.8 Å². The molecule has 0 saturated heterocycles. The second-order valence-corrected chi connectivity index (χ2v) is 23.5. The van der Waals surface area contributed by atoms with Crippen LogP contribution in [0.4, 0.5) is 0 Å². The van der Waals surface area contributed by atoms with Crippen LogP contribution in [0.25, 0.3) is 0 Å². The molecule has 2 atom stereocenters. The molecule has 0 aliphatic carbocycles. The highest BCUT2D eigenvalue weighted by Crippen LogP contribution is 2.43. The van der Waals surface area contributed by atoms with Crippen LogP contribution in [0.1, 0.15) is 232 Å². The molecule has 464 valence electrons. The molecule has 0 aliphatic rings. The van der Waals surface area contributed by atoms with Crippen molar-refractivity contribution >= 4 is 19.8 Å². The number of ether oxygens (including phenoxy) is 2. The van der Waals surface area contributed by atoms with Gasteiger partial charge in [0.05, 0.1) is 27.7 Å². The molecule has 2 unspecified atom stereocenters. The monoisotopic (exact) mass is 1160 g/mol. The summed E-state index contributed by atoms with van der Waals surface area (Å²) < 4.78 is 34.6. The summed E-state index contributed by atoms with van der Waals surface area (Å²) >= 11 is 0. The fourth-order valence-corrected chi connectivity index (χ4v) is 8.92. The van der Waals surface area contributed by atoms with Gasteiger partial charge < -0.3 is 18.9 Å². The number of nitrogens with zero attached hydrogens (tertiary/aromatic N) is 1. The third-order valence-electron chi connectivity index (χ3n) is 13.1. The molecule has 0 bridgehead atoms. The van der Waals surface area contributed by atoms with Gasteiger partial charge in [-0.25, -0.2) is 4.57 Å². The predicted octanol–water partition coefficient (Wildman–Crippen LogP) is 20.8. The zero-order chi connectivity index (χ0) is 59.8. The molecule has 82 heavy (non-hydrogen) atoms. The summed E-state index contributed by atoms with van der Waals surface area (Å²) in [4.78, 5) is 35.8. The highest BCUT2D eigenvalue weighted by atomic mass is 31.2. The van der Waals surface area contributed by atoms with Crippen LogP contribution in [0.3, 0.4) is 0 Å². The Balaban J connectivity index is 4.20. The van der Waals surface area contributed by atoms with E-state index in [9.17, 15) is 19.0 Å². The Labute approximate surface area is 503 Å². The van der Waals surface area contributed by atoms with E-state index in [2.05, 4.69) is 172 Å². The maximum atomic E-state index is 12.9. The normalized spacial score (nSPS) is 14.3. The van der Waals surface area contributed by atoms with Crippen molar-refractivity contribution in [2.45, 2.75) is 238 Å². The van der Waals surface area contributed by atoms with Crippen LogP contribution in [-0.2, 0) is 32.7 Å². The van der Waals surface area contributed by atoms with Gasteiger partial charge >= 0.3 is 19.8 Å². The average molecular weight is 1160 g/mol. The van der Waals surface area contributed by atoms with Crippen molar-refractivity contribution < 1.29 is 42.1 Å². The number of rotatable bonds is 57. The van der Waals surface area contributed by atoms with E-state index in [0.29, 0.717) is 17.4 Å². The molecule has 9 nitrogen and oxygen atoms in total. The van der Waals surface area contributed by atoms with Crippen LogP contribution in [0.5, 0.6) is 0 Å². The molecule has 0 aromatic carbocycles. The van der Waals surface area contributed by atoms with E-state index < -0.39 is 26.5 Å². The van der Waals surface area contributed by atoms with Crippen LogP contribution in [0.2, 0.25) is 0 Å². The Kier molecular flexibility index (Phi) is 57.9. The van der Waals surface area contributed by atoms with Crippen molar-refractivity contribution in [3.05, 3.63) is 158 Å². The first kappa shape index (κ1) is 77.6. The van der Waals surface area contributed by atoms with Crippen molar-refractivity contribution in [3.63, 3.8) is 0 Å². The number of quaternary nitrogens is 1. The van der Waals surface area contributed by atoms with E-state index in [0.717, 1.165) is 141 Å². The molecule has 1 N–H and O–H groups in total. The van der Waals surface area contributed by atoms with Crippen molar-refractivity contribution in [2.75, 3.05) is 47.5 Å². The third-order valence-corrected chi connectivity index (χ3v) is 14.0. The molecule has 0 rings (SSSR count). The first-order valence-corrected chi connectivity index (χ1v) is 33.7. The Morgan fingerprint density at radius 1 is 0.378 bits per heavy atom. The van der Waals surface area contributed by atoms with Crippen molar-refractivity contribution in [1.29, 1.82) is 0 Å². The first-order valence-electron chi connectivity index (χ1n) is 32.2. The Hall–Kier alpha value is -4.37. The zero-order valence-electron chi connectivity index (χ0n) is 52.7. The van der Waals surface area contributed by atoms with Crippen LogP contribution < -0.4 is 0 Å². The molecule has 10 heteroatoms. The Morgan fingerprint density at radius 2 is 0.659 bits per heavy atom. The quantitative estimate of drug-likeness (QED) is 0.0211. The SMILES string of the molecule is CC/C=C\C/C=C\C/C=C\C/C=C\C/C=C\C/C=C\C/C=C\CCCCCCCCCCCC(=O)OC(COC(=O)CCCCCCCCCC/C=C\C/C=C\C/C=C\C/C=C\C/C=C\C/C=C\CC)COP(=O)(O)OCC[N+](C)(C)C. The number of hydrogen-bond acceptors (Lipinski definition) is 7. The molecule has 0 aromatic rings. The largest absolute Gasteiger partial charge is 0.472 e. The fourth-order valence-electron chi connectivity index (χ4n) is 8.18. The van der Waals surface area contributed by atoms with Crippen LogP contribution in [0, 0.1) is 0 Å². The van der Waals surface area contributed by atoms with Crippen molar-refractivity contribution in [2.24, 2.45) is 0 Å². The second kappa shape index (κ2) is 61.2. The highest BCUT2D eigenvalue weighted by molar-refractivity contribution is 7.47. The number of phosphoric ester groups is 1. The summed E-state index contributed by atoms with van der Waals surface area (Å²) in [6.07, 6.45) is 91.7. The average Bonchev–Trinajstić information content (AvgIpc) is 3.46. The van der Waals surface area contributed by atoms with Gasteiger partial charge in [0.2, 0.25) is 0 Å². The number of unbranched alkanes of at least 4 members (excludes halogenated alkanes) is 17. The number of hydrogen-bond donors (Lipinski definition) is 1. The minimum absolute atomic E-state index is 0.0201. The lowest BCUT2D eigenvalue weighted by Gasteiger charge is -2.24. The molecule has 0 aliphatic heterocycles. The van der Waals surface area contributed by atoms with E-state index in [1.54, 1.807) is 0 Å². The molecule has 0 saturated carbocycles. The van der Waals surface area contributed by atoms with E-state index in [1.807, 2.05) is 21.1 Å². The summed E-state index contributed by atoms with van der Waals surface area (Å²) in [5.74, 6) is -0.824. The van der Waals surface area contributed by atoms with Gasteiger partial charge in [0, 0.05) is 12.8 Å². The van der Waals surface area contributed by atoms with Gasteiger partial charge in [-0.05, 0) is 122 Å². The second-order valence-electron chi connectivity index (χ2n) is 22.0. The summed E-state index contributed by atoms with van der Waals surface area (Å²) in [6.45, 7) is 4.17. The van der Waals surface area contributed by atoms with E-state index in [4.69, 9.17) is 18.5 Å². The number of carbonyl (C=O) groups is 2. The maximum absolute atomic E-state index is 12.9. The highest BCUT2D eigenvalue weighted by Gasteiger charge is 2.27. The van der Waals surface area contributed by atoms with Gasteiger partial charge in [-0.1, -0.05) is 255 Å². The molecular formula is C72H119NO8P+. The number of likely N-dealkylation sites (N-methyl/N-ethyl adjacent to an activating group) is 1. The van der Waals surface area contributed by atoms with E-state index in [-0.39, 0.29) is 32.0 Å². The maximum Gasteiger partial charge on any atom is 0.472 e. The van der Waals surface area contributed by atoms with Gasteiger partial charge in [0.15, 0.2) is 6.10 Å². The summed E-state index contributed by atoms with van der Waals surface area (Å²) in [6, 6.07) is 0.